The van der Waals surface area contributed by atoms with Crippen molar-refractivity contribution in [2.75, 3.05) is 18.8 Å². The number of nitrogens with zero attached hydrogens (tertiary/aromatic N) is 1. The number of rotatable bonds is 3. The third kappa shape index (κ3) is 3.54. The van der Waals surface area contributed by atoms with Crippen molar-refractivity contribution >= 4 is 16.8 Å². The number of piperazine rings is 1. The minimum Gasteiger partial charge on any atom is -0.771 e. The molecular formula is C13H20N3O2S-. The van der Waals surface area contributed by atoms with Crippen LogP contribution in [0.25, 0.3) is 0 Å². The van der Waals surface area contributed by atoms with Crippen molar-refractivity contribution in [1.29, 1.82) is 0 Å². The first kappa shape index (κ1) is 14.5. The first-order valence-corrected chi connectivity index (χ1v) is 7.55. The summed E-state index contributed by atoms with van der Waals surface area (Å²) in [7, 11) is 0. The van der Waals surface area contributed by atoms with Gasteiger partial charge in [-0.25, -0.2) is 0 Å². The molecule has 1 aromatic carbocycles. The van der Waals surface area contributed by atoms with Gasteiger partial charge in [-0.3, -0.25) is 9.11 Å². The average molecular weight is 282 g/mol. The Morgan fingerprint density at radius 1 is 1.32 bits per heavy atom. The van der Waals surface area contributed by atoms with E-state index in [4.69, 9.17) is 5.73 Å². The fourth-order valence-electron chi connectivity index (χ4n) is 2.66. The van der Waals surface area contributed by atoms with Gasteiger partial charge in [0.1, 0.15) is 0 Å². The second-order valence-electron chi connectivity index (χ2n) is 5.20. The van der Waals surface area contributed by atoms with Gasteiger partial charge in [-0.2, -0.15) is 0 Å². The molecule has 0 bridgehead atoms. The van der Waals surface area contributed by atoms with Crippen LogP contribution in [0.3, 0.4) is 0 Å². The molecule has 1 aliphatic heterocycles. The van der Waals surface area contributed by atoms with Crippen LogP contribution in [0.1, 0.15) is 24.8 Å². The quantitative estimate of drug-likeness (QED) is 0.634. The Bertz CT molecular complexity index is 442. The lowest BCUT2D eigenvalue weighted by molar-refractivity contribution is 0.156. The van der Waals surface area contributed by atoms with Crippen LogP contribution < -0.4 is 11.1 Å². The zero-order valence-corrected chi connectivity index (χ0v) is 12.0. The van der Waals surface area contributed by atoms with Crippen molar-refractivity contribution < 1.29 is 8.76 Å². The second kappa shape index (κ2) is 6.00. The topological polar surface area (TPSA) is 81.4 Å². The molecule has 3 N–H and O–H groups in total. The summed E-state index contributed by atoms with van der Waals surface area (Å²) in [6, 6.07) is 7.61. The summed E-state index contributed by atoms with van der Waals surface area (Å²) in [4.78, 5) is 2.00. The fourth-order valence-corrected chi connectivity index (χ4v) is 3.46. The van der Waals surface area contributed by atoms with Crippen molar-refractivity contribution in [2.24, 2.45) is 0 Å². The first-order valence-electron chi connectivity index (χ1n) is 6.41. The zero-order valence-electron chi connectivity index (χ0n) is 11.2. The normalized spacial score (nSPS) is 27.9. The first-order chi connectivity index (χ1) is 8.97. The number of anilines is 1. The van der Waals surface area contributed by atoms with E-state index < -0.39 is 16.5 Å². The number of nitrogen functional groups attached to an aromatic ring is 1. The monoisotopic (exact) mass is 282 g/mol. The standard InChI is InChI=1S/C13H21N3O2S/c1-9-7-16(8-10(2)15-9)13(19(17)18)11-3-5-12(14)6-4-11/h3-6,9-10,13,15H,7-8,14H2,1-2H3,(H,17,18)/p-1. The van der Waals surface area contributed by atoms with Crippen molar-refractivity contribution in [1.82, 2.24) is 10.2 Å². The van der Waals surface area contributed by atoms with Crippen LogP contribution >= 0.6 is 0 Å². The van der Waals surface area contributed by atoms with Crippen LogP contribution in [0.4, 0.5) is 5.69 Å². The van der Waals surface area contributed by atoms with E-state index in [2.05, 4.69) is 19.2 Å². The third-order valence-corrected chi connectivity index (χ3v) is 4.26. The van der Waals surface area contributed by atoms with E-state index in [1.165, 1.54) is 0 Å². The molecule has 4 atom stereocenters. The summed E-state index contributed by atoms with van der Waals surface area (Å²) >= 11 is -2.18. The highest BCUT2D eigenvalue weighted by Gasteiger charge is 2.28. The average Bonchev–Trinajstić information content (AvgIpc) is 2.30. The molecule has 0 amide bonds. The Morgan fingerprint density at radius 3 is 2.32 bits per heavy atom. The SMILES string of the molecule is CC1CN(C(c2ccc(N)cc2)S(=O)[O-])CC(C)N1. The van der Waals surface area contributed by atoms with Gasteiger partial charge in [-0.05, 0) is 42.6 Å². The summed E-state index contributed by atoms with van der Waals surface area (Å²) in [6.45, 7) is 5.56. The van der Waals surface area contributed by atoms with Crippen molar-refractivity contribution in [3.05, 3.63) is 29.8 Å². The highest BCUT2D eigenvalue weighted by Crippen LogP contribution is 2.26. The molecule has 6 heteroatoms. The van der Waals surface area contributed by atoms with Gasteiger partial charge in [0, 0.05) is 30.9 Å². The molecule has 5 nitrogen and oxygen atoms in total. The molecule has 1 aromatic rings. The molecule has 0 spiro atoms. The van der Waals surface area contributed by atoms with E-state index >= 15 is 0 Å². The van der Waals surface area contributed by atoms with Gasteiger partial charge in [0.2, 0.25) is 0 Å². The number of benzene rings is 1. The Hall–Kier alpha value is -0.950. The molecule has 4 unspecified atom stereocenters. The largest absolute Gasteiger partial charge is 0.771 e. The highest BCUT2D eigenvalue weighted by molar-refractivity contribution is 7.79. The molecule has 1 heterocycles. The zero-order chi connectivity index (χ0) is 14.0. The van der Waals surface area contributed by atoms with E-state index in [0.717, 1.165) is 5.56 Å². The van der Waals surface area contributed by atoms with Gasteiger partial charge in [0.05, 0.1) is 5.37 Å². The maximum Gasteiger partial charge on any atom is 0.0983 e. The van der Waals surface area contributed by atoms with E-state index in [-0.39, 0.29) is 12.1 Å². The fraction of sp³-hybridized carbons (Fsp3) is 0.538. The second-order valence-corrected chi connectivity index (χ2v) is 6.17. The number of hydrogen-bond donors (Lipinski definition) is 2. The van der Waals surface area contributed by atoms with Crippen molar-refractivity contribution in [2.45, 2.75) is 31.3 Å². The van der Waals surface area contributed by atoms with Gasteiger partial charge in [0.15, 0.2) is 0 Å². The van der Waals surface area contributed by atoms with Crippen LogP contribution in [0.15, 0.2) is 24.3 Å². The Labute approximate surface area is 116 Å². The predicted molar refractivity (Wildman–Crippen MR) is 76.1 cm³/mol. The highest BCUT2D eigenvalue weighted by atomic mass is 32.2. The lowest BCUT2D eigenvalue weighted by Crippen LogP contribution is -2.55. The van der Waals surface area contributed by atoms with E-state index in [1.807, 2.05) is 4.90 Å². The summed E-state index contributed by atoms with van der Waals surface area (Å²) < 4.78 is 23.2. The van der Waals surface area contributed by atoms with Crippen molar-refractivity contribution in [3.63, 3.8) is 0 Å². The number of nitrogens with two attached hydrogens (primary N) is 1. The van der Waals surface area contributed by atoms with Gasteiger partial charge < -0.3 is 15.6 Å². The lowest BCUT2D eigenvalue weighted by Gasteiger charge is -2.41. The molecule has 19 heavy (non-hydrogen) atoms. The van der Waals surface area contributed by atoms with Gasteiger partial charge in [0.25, 0.3) is 0 Å². The Morgan fingerprint density at radius 2 is 1.84 bits per heavy atom. The Balaban J connectivity index is 2.24. The van der Waals surface area contributed by atoms with Crippen LogP contribution in [0, 0.1) is 0 Å². The molecule has 1 aliphatic rings. The van der Waals surface area contributed by atoms with Gasteiger partial charge in [-0.1, -0.05) is 12.1 Å². The van der Waals surface area contributed by atoms with Gasteiger partial charge in [-0.15, -0.1) is 0 Å². The molecule has 2 rings (SSSR count). The summed E-state index contributed by atoms with van der Waals surface area (Å²) in [5, 5.41) is 2.80. The molecule has 1 fully saturated rings. The van der Waals surface area contributed by atoms with E-state index in [0.29, 0.717) is 18.8 Å². The smallest absolute Gasteiger partial charge is 0.0983 e. The minimum atomic E-state index is -2.18. The summed E-state index contributed by atoms with van der Waals surface area (Å²) in [5.74, 6) is 0. The molecule has 0 radical (unpaired) electrons. The van der Waals surface area contributed by atoms with E-state index in [9.17, 15) is 8.76 Å². The molecule has 0 saturated carbocycles. The molecule has 0 aliphatic carbocycles. The molecule has 0 aromatic heterocycles. The number of nitrogens with one attached hydrogen (secondary N) is 1. The summed E-state index contributed by atoms with van der Waals surface area (Å²) in [6.07, 6.45) is 0. The van der Waals surface area contributed by atoms with Crippen LogP contribution in [-0.4, -0.2) is 38.8 Å². The van der Waals surface area contributed by atoms with Crippen molar-refractivity contribution in [3.8, 4) is 0 Å². The molecule has 106 valence electrons. The van der Waals surface area contributed by atoms with Crippen LogP contribution in [0.5, 0.6) is 0 Å². The summed E-state index contributed by atoms with van der Waals surface area (Å²) in [5.41, 5.74) is 7.06. The van der Waals surface area contributed by atoms with Crippen LogP contribution in [0.2, 0.25) is 0 Å². The molecule has 1 saturated heterocycles. The van der Waals surface area contributed by atoms with Gasteiger partial charge >= 0.3 is 0 Å². The van der Waals surface area contributed by atoms with Crippen LogP contribution in [-0.2, 0) is 11.1 Å². The maximum absolute atomic E-state index is 11.6. The molecular weight excluding hydrogens is 262 g/mol. The Kier molecular flexibility index (Phi) is 4.57. The lowest BCUT2D eigenvalue weighted by atomic mass is 10.1. The maximum atomic E-state index is 11.6. The minimum absolute atomic E-state index is 0.281. The number of hydrogen-bond acceptors (Lipinski definition) is 5. The third-order valence-electron chi connectivity index (χ3n) is 3.32. The van der Waals surface area contributed by atoms with E-state index in [1.54, 1.807) is 24.3 Å². The predicted octanol–water partition coefficient (Wildman–Crippen LogP) is 0.829.